The monoisotopic (exact) mass is 448 g/mol. The molecule has 1 amide bonds. The molecular formula is C25H25FN4O3. The number of ether oxygens (including phenoxy) is 1. The molecule has 0 bridgehead atoms. The maximum absolute atomic E-state index is 13.9. The molecule has 8 heteroatoms. The molecule has 7 nitrogen and oxygen atoms in total. The van der Waals surface area contributed by atoms with Gasteiger partial charge in [0.25, 0.3) is 5.56 Å². The van der Waals surface area contributed by atoms with Gasteiger partial charge in [-0.2, -0.15) is 0 Å². The highest BCUT2D eigenvalue weighted by molar-refractivity contribution is 5.95. The lowest BCUT2D eigenvalue weighted by molar-refractivity contribution is -0.116. The number of anilines is 1. The van der Waals surface area contributed by atoms with Crippen molar-refractivity contribution in [1.29, 1.82) is 0 Å². The van der Waals surface area contributed by atoms with Gasteiger partial charge < -0.3 is 14.6 Å². The SMILES string of the molecule is COCCCn1cnc2c(-c3ccccc3)cn(CC(=O)Nc3ccc(C)c(F)c3)c2c1=O. The molecular weight excluding hydrogens is 423 g/mol. The highest BCUT2D eigenvalue weighted by Gasteiger charge is 2.18. The summed E-state index contributed by atoms with van der Waals surface area (Å²) < 4.78 is 22.1. The number of nitrogens with zero attached hydrogens (tertiary/aromatic N) is 3. The molecule has 0 spiro atoms. The number of aromatic nitrogens is 3. The van der Waals surface area contributed by atoms with Crippen molar-refractivity contribution in [2.24, 2.45) is 0 Å². The van der Waals surface area contributed by atoms with Crippen molar-refractivity contribution in [3.63, 3.8) is 0 Å². The number of rotatable bonds is 8. The molecule has 0 unspecified atom stereocenters. The lowest BCUT2D eigenvalue weighted by Crippen LogP contribution is -2.25. The number of carbonyl (C=O) groups excluding carboxylic acids is 1. The average molecular weight is 448 g/mol. The zero-order valence-corrected chi connectivity index (χ0v) is 18.5. The number of halogens is 1. The third-order valence-corrected chi connectivity index (χ3v) is 5.44. The van der Waals surface area contributed by atoms with E-state index in [-0.39, 0.29) is 18.0 Å². The minimum atomic E-state index is -0.395. The largest absolute Gasteiger partial charge is 0.385 e. The summed E-state index contributed by atoms with van der Waals surface area (Å²) in [6.45, 7) is 2.52. The molecule has 0 saturated heterocycles. The van der Waals surface area contributed by atoms with E-state index in [2.05, 4.69) is 10.3 Å². The van der Waals surface area contributed by atoms with Crippen molar-refractivity contribution in [1.82, 2.24) is 14.1 Å². The minimum Gasteiger partial charge on any atom is -0.385 e. The molecule has 0 aliphatic rings. The van der Waals surface area contributed by atoms with Crippen molar-refractivity contribution >= 4 is 22.6 Å². The van der Waals surface area contributed by atoms with Crippen LogP contribution in [0.4, 0.5) is 10.1 Å². The maximum Gasteiger partial charge on any atom is 0.277 e. The summed E-state index contributed by atoms with van der Waals surface area (Å²) in [6, 6.07) is 14.1. The van der Waals surface area contributed by atoms with Gasteiger partial charge in [-0.05, 0) is 36.6 Å². The number of methoxy groups -OCH3 is 1. The first kappa shape index (κ1) is 22.4. The first-order valence-corrected chi connectivity index (χ1v) is 10.7. The Morgan fingerprint density at radius 3 is 2.67 bits per heavy atom. The summed E-state index contributed by atoms with van der Waals surface area (Å²) in [7, 11) is 1.61. The summed E-state index contributed by atoms with van der Waals surface area (Å²) in [5.41, 5.74) is 3.16. The van der Waals surface area contributed by atoms with Gasteiger partial charge in [-0.3, -0.25) is 14.2 Å². The molecule has 0 fully saturated rings. The van der Waals surface area contributed by atoms with E-state index in [9.17, 15) is 14.0 Å². The van der Waals surface area contributed by atoms with Crippen molar-refractivity contribution in [2.75, 3.05) is 19.0 Å². The molecule has 0 saturated carbocycles. The fraction of sp³-hybridized carbons (Fsp3) is 0.240. The first-order chi connectivity index (χ1) is 16.0. The summed E-state index contributed by atoms with van der Waals surface area (Å²) in [5.74, 6) is -0.766. The number of hydrogen-bond acceptors (Lipinski definition) is 4. The van der Waals surface area contributed by atoms with Gasteiger partial charge in [0.1, 0.15) is 23.4 Å². The third kappa shape index (κ3) is 4.85. The van der Waals surface area contributed by atoms with Gasteiger partial charge in [0.2, 0.25) is 5.91 Å². The Hall–Kier alpha value is -3.78. The van der Waals surface area contributed by atoms with Crippen LogP contribution in [0.25, 0.3) is 22.2 Å². The second kappa shape index (κ2) is 9.79. The van der Waals surface area contributed by atoms with Crippen LogP contribution in [0.15, 0.2) is 65.8 Å². The number of fused-ring (bicyclic) bond motifs is 1. The number of hydrogen-bond donors (Lipinski definition) is 1. The number of amides is 1. The molecule has 1 N–H and O–H groups in total. The molecule has 0 atom stereocenters. The highest BCUT2D eigenvalue weighted by atomic mass is 19.1. The molecule has 2 heterocycles. The molecule has 4 rings (SSSR count). The first-order valence-electron chi connectivity index (χ1n) is 10.7. The fourth-order valence-electron chi connectivity index (χ4n) is 3.73. The second-order valence-corrected chi connectivity index (χ2v) is 7.84. The van der Waals surface area contributed by atoms with Gasteiger partial charge in [0.15, 0.2) is 0 Å². The van der Waals surface area contributed by atoms with E-state index in [0.29, 0.717) is 41.9 Å². The Morgan fingerprint density at radius 1 is 1.15 bits per heavy atom. The number of aryl methyl sites for hydroxylation is 2. The van der Waals surface area contributed by atoms with E-state index < -0.39 is 5.82 Å². The van der Waals surface area contributed by atoms with Crippen LogP contribution in [0, 0.1) is 12.7 Å². The number of carbonyl (C=O) groups is 1. The van der Waals surface area contributed by atoms with Crippen LogP contribution in [0.1, 0.15) is 12.0 Å². The lowest BCUT2D eigenvalue weighted by Gasteiger charge is -2.09. The molecule has 0 radical (unpaired) electrons. The van der Waals surface area contributed by atoms with Crippen LogP contribution in [-0.2, 0) is 22.6 Å². The molecule has 0 aliphatic carbocycles. The van der Waals surface area contributed by atoms with Crippen molar-refractivity contribution < 1.29 is 13.9 Å². The van der Waals surface area contributed by atoms with Crippen LogP contribution in [0.5, 0.6) is 0 Å². The number of benzene rings is 2. The van der Waals surface area contributed by atoms with E-state index in [4.69, 9.17) is 4.74 Å². The summed E-state index contributed by atoms with van der Waals surface area (Å²) in [6.07, 6.45) is 3.96. The Kier molecular flexibility index (Phi) is 6.65. The average Bonchev–Trinajstić information content (AvgIpc) is 3.17. The molecule has 170 valence electrons. The zero-order chi connectivity index (χ0) is 23.4. The Morgan fingerprint density at radius 2 is 1.94 bits per heavy atom. The van der Waals surface area contributed by atoms with Gasteiger partial charge in [0, 0.05) is 37.7 Å². The van der Waals surface area contributed by atoms with Crippen LogP contribution < -0.4 is 10.9 Å². The Balaban J connectivity index is 1.72. The van der Waals surface area contributed by atoms with Crippen molar-refractivity contribution in [3.8, 4) is 11.1 Å². The maximum atomic E-state index is 13.9. The predicted octanol–water partition coefficient (Wildman–Crippen LogP) is 3.99. The summed E-state index contributed by atoms with van der Waals surface area (Å²) >= 11 is 0. The van der Waals surface area contributed by atoms with Crippen molar-refractivity contribution in [3.05, 3.63) is 82.8 Å². The van der Waals surface area contributed by atoms with E-state index in [1.165, 1.54) is 17.0 Å². The van der Waals surface area contributed by atoms with Gasteiger partial charge in [-0.25, -0.2) is 9.37 Å². The van der Waals surface area contributed by atoms with E-state index in [1.54, 1.807) is 36.9 Å². The van der Waals surface area contributed by atoms with Gasteiger partial charge in [0.05, 0.1) is 6.33 Å². The molecule has 33 heavy (non-hydrogen) atoms. The highest BCUT2D eigenvalue weighted by Crippen LogP contribution is 2.27. The van der Waals surface area contributed by atoms with E-state index in [1.807, 2.05) is 30.3 Å². The van der Waals surface area contributed by atoms with Gasteiger partial charge >= 0.3 is 0 Å². The normalized spacial score (nSPS) is 11.1. The van der Waals surface area contributed by atoms with Gasteiger partial charge in [-0.15, -0.1) is 0 Å². The Bertz CT molecular complexity index is 1350. The van der Waals surface area contributed by atoms with E-state index >= 15 is 0 Å². The second-order valence-electron chi connectivity index (χ2n) is 7.84. The number of nitrogens with one attached hydrogen (secondary N) is 1. The van der Waals surface area contributed by atoms with Crippen LogP contribution in [0.2, 0.25) is 0 Å². The minimum absolute atomic E-state index is 0.113. The summed E-state index contributed by atoms with van der Waals surface area (Å²) in [5, 5.41) is 2.70. The Labute approximate surface area is 190 Å². The quantitative estimate of drug-likeness (QED) is 0.414. The molecule has 0 aliphatic heterocycles. The summed E-state index contributed by atoms with van der Waals surface area (Å²) in [4.78, 5) is 30.6. The third-order valence-electron chi connectivity index (χ3n) is 5.44. The van der Waals surface area contributed by atoms with Crippen LogP contribution >= 0.6 is 0 Å². The zero-order valence-electron chi connectivity index (χ0n) is 18.5. The fourth-order valence-corrected chi connectivity index (χ4v) is 3.73. The lowest BCUT2D eigenvalue weighted by atomic mass is 10.1. The molecule has 2 aromatic heterocycles. The van der Waals surface area contributed by atoms with Crippen LogP contribution in [-0.4, -0.2) is 33.7 Å². The predicted molar refractivity (Wildman–Crippen MR) is 126 cm³/mol. The standard InChI is InChI=1S/C25H25FN4O3/c1-17-9-10-19(13-21(17)26)28-22(31)15-30-14-20(18-7-4-3-5-8-18)23-24(30)25(32)29(16-27-23)11-6-12-33-2/h3-5,7-10,13-14,16H,6,11-12,15H2,1-2H3,(H,28,31). The van der Waals surface area contributed by atoms with Crippen molar-refractivity contribution in [2.45, 2.75) is 26.4 Å². The molecule has 4 aromatic rings. The topological polar surface area (TPSA) is 78.2 Å². The molecule has 2 aromatic carbocycles. The smallest absolute Gasteiger partial charge is 0.277 e. The van der Waals surface area contributed by atoms with E-state index in [0.717, 1.165) is 11.1 Å². The van der Waals surface area contributed by atoms with Crippen LogP contribution in [0.3, 0.4) is 0 Å². The van der Waals surface area contributed by atoms with Gasteiger partial charge in [-0.1, -0.05) is 36.4 Å².